The summed E-state index contributed by atoms with van der Waals surface area (Å²) in [6.45, 7) is 1.87. The number of carbonyl (C=O) groups is 1. The normalized spacial score (nSPS) is 15.1. The number of esters is 1. The van der Waals surface area contributed by atoms with E-state index in [4.69, 9.17) is 4.74 Å². The van der Waals surface area contributed by atoms with Crippen LogP contribution in [0.5, 0.6) is 0 Å². The molecule has 0 amide bonds. The van der Waals surface area contributed by atoms with E-state index < -0.39 is 0 Å². The number of ether oxygens (including phenoxy) is 1. The lowest BCUT2D eigenvalue weighted by atomic mass is 10.0. The molecule has 86 valence electrons. The predicted molar refractivity (Wildman–Crippen MR) is 61.6 cm³/mol. The first-order chi connectivity index (χ1) is 7.72. The van der Waals surface area contributed by atoms with Gasteiger partial charge in [-0.25, -0.2) is 4.79 Å². The maximum Gasteiger partial charge on any atom is 0.339 e. The van der Waals surface area contributed by atoms with Crippen molar-refractivity contribution in [2.45, 2.75) is 39.0 Å². The highest BCUT2D eigenvalue weighted by molar-refractivity contribution is 5.90. The standard InChI is InChI=1S/C13H17NO2/c1-9-11(13(15)16-2)8-10-6-4-3-5-7-12(10)14-9/h8H,3-7H2,1-2H3. The molecule has 1 aliphatic carbocycles. The van der Waals surface area contributed by atoms with E-state index in [2.05, 4.69) is 4.98 Å². The van der Waals surface area contributed by atoms with Crippen LogP contribution in [0.4, 0.5) is 0 Å². The highest BCUT2D eigenvalue weighted by Crippen LogP contribution is 2.21. The molecule has 1 heterocycles. The Morgan fingerprint density at radius 2 is 2.06 bits per heavy atom. The zero-order valence-corrected chi connectivity index (χ0v) is 9.88. The molecule has 0 bridgehead atoms. The Kier molecular flexibility index (Phi) is 3.22. The summed E-state index contributed by atoms with van der Waals surface area (Å²) in [6, 6.07) is 1.97. The third-order valence-corrected chi connectivity index (χ3v) is 3.15. The summed E-state index contributed by atoms with van der Waals surface area (Å²) >= 11 is 0. The molecule has 3 nitrogen and oxygen atoms in total. The van der Waals surface area contributed by atoms with Gasteiger partial charge in [-0.2, -0.15) is 0 Å². The Morgan fingerprint density at radius 3 is 2.81 bits per heavy atom. The van der Waals surface area contributed by atoms with Gasteiger partial charge in [0.15, 0.2) is 0 Å². The van der Waals surface area contributed by atoms with Crippen LogP contribution in [0, 0.1) is 6.92 Å². The number of rotatable bonds is 1. The van der Waals surface area contributed by atoms with Crippen LogP contribution >= 0.6 is 0 Å². The van der Waals surface area contributed by atoms with Gasteiger partial charge in [-0.05, 0) is 44.2 Å². The van der Waals surface area contributed by atoms with E-state index in [9.17, 15) is 4.79 Å². The summed E-state index contributed by atoms with van der Waals surface area (Å²) in [4.78, 5) is 16.1. The van der Waals surface area contributed by atoms with Gasteiger partial charge in [0.25, 0.3) is 0 Å². The van der Waals surface area contributed by atoms with E-state index in [0.29, 0.717) is 5.56 Å². The second-order valence-corrected chi connectivity index (χ2v) is 4.28. The number of aryl methyl sites for hydroxylation is 3. The molecule has 0 unspecified atom stereocenters. The summed E-state index contributed by atoms with van der Waals surface area (Å²) in [5, 5.41) is 0. The molecule has 0 spiro atoms. The van der Waals surface area contributed by atoms with Crippen molar-refractivity contribution in [2.24, 2.45) is 0 Å². The van der Waals surface area contributed by atoms with Gasteiger partial charge in [-0.15, -0.1) is 0 Å². The Labute approximate surface area is 95.8 Å². The predicted octanol–water partition coefficient (Wildman–Crippen LogP) is 2.45. The van der Waals surface area contributed by atoms with Crippen molar-refractivity contribution in [1.29, 1.82) is 0 Å². The van der Waals surface area contributed by atoms with Gasteiger partial charge in [-0.3, -0.25) is 4.98 Å². The fourth-order valence-corrected chi connectivity index (χ4v) is 2.23. The highest BCUT2D eigenvalue weighted by Gasteiger charge is 2.16. The fourth-order valence-electron chi connectivity index (χ4n) is 2.23. The molecule has 2 rings (SSSR count). The number of methoxy groups -OCH3 is 1. The molecule has 1 aromatic heterocycles. The van der Waals surface area contributed by atoms with Crippen LogP contribution in [0.25, 0.3) is 0 Å². The monoisotopic (exact) mass is 219 g/mol. The van der Waals surface area contributed by atoms with Crippen molar-refractivity contribution in [3.63, 3.8) is 0 Å². The number of carbonyl (C=O) groups excluding carboxylic acids is 1. The number of fused-ring (bicyclic) bond motifs is 1. The van der Waals surface area contributed by atoms with Gasteiger partial charge in [0.1, 0.15) is 0 Å². The van der Waals surface area contributed by atoms with Crippen LogP contribution in [0.2, 0.25) is 0 Å². The van der Waals surface area contributed by atoms with Crippen molar-refractivity contribution in [2.75, 3.05) is 7.11 Å². The molecule has 0 fully saturated rings. The highest BCUT2D eigenvalue weighted by atomic mass is 16.5. The van der Waals surface area contributed by atoms with Gasteiger partial charge in [0.2, 0.25) is 0 Å². The molecule has 16 heavy (non-hydrogen) atoms. The number of pyridine rings is 1. The minimum absolute atomic E-state index is 0.281. The third kappa shape index (κ3) is 2.08. The quantitative estimate of drug-likeness (QED) is 0.538. The molecule has 0 saturated heterocycles. The van der Waals surface area contributed by atoms with E-state index in [1.807, 2.05) is 13.0 Å². The minimum Gasteiger partial charge on any atom is -0.465 e. The molecule has 0 radical (unpaired) electrons. The Balaban J connectivity index is 2.42. The van der Waals surface area contributed by atoms with Gasteiger partial charge >= 0.3 is 5.97 Å². The van der Waals surface area contributed by atoms with Crippen molar-refractivity contribution in [3.8, 4) is 0 Å². The Hall–Kier alpha value is -1.38. The topological polar surface area (TPSA) is 39.2 Å². The van der Waals surface area contributed by atoms with Crippen LogP contribution in [-0.2, 0) is 17.6 Å². The summed E-state index contributed by atoms with van der Waals surface area (Å²) < 4.78 is 4.76. The van der Waals surface area contributed by atoms with Crippen molar-refractivity contribution >= 4 is 5.97 Å². The van der Waals surface area contributed by atoms with E-state index in [0.717, 1.165) is 18.5 Å². The molecule has 0 N–H and O–H groups in total. The number of nitrogens with zero attached hydrogens (tertiary/aromatic N) is 1. The molecular weight excluding hydrogens is 202 g/mol. The fraction of sp³-hybridized carbons (Fsp3) is 0.538. The molecule has 0 aromatic carbocycles. The van der Waals surface area contributed by atoms with Gasteiger partial charge in [0, 0.05) is 5.69 Å². The first-order valence-corrected chi connectivity index (χ1v) is 5.80. The van der Waals surface area contributed by atoms with Gasteiger partial charge in [-0.1, -0.05) is 6.42 Å². The van der Waals surface area contributed by atoms with Crippen LogP contribution in [0.15, 0.2) is 6.07 Å². The smallest absolute Gasteiger partial charge is 0.339 e. The van der Waals surface area contributed by atoms with E-state index >= 15 is 0 Å². The van der Waals surface area contributed by atoms with Crippen LogP contribution in [0.3, 0.4) is 0 Å². The lowest BCUT2D eigenvalue weighted by Gasteiger charge is -2.09. The lowest BCUT2D eigenvalue weighted by molar-refractivity contribution is 0.0599. The zero-order valence-electron chi connectivity index (χ0n) is 9.88. The average molecular weight is 219 g/mol. The first kappa shape index (κ1) is 11.1. The molecule has 0 aliphatic heterocycles. The molecule has 1 aromatic rings. The Bertz CT molecular complexity index is 413. The maximum atomic E-state index is 11.5. The molecule has 0 atom stereocenters. The summed E-state index contributed by atoms with van der Waals surface area (Å²) in [5.41, 5.74) is 3.79. The molecule has 1 aliphatic rings. The number of hydrogen-bond acceptors (Lipinski definition) is 3. The van der Waals surface area contributed by atoms with Gasteiger partial charge in [0.05, 0.1) is 18.4 Å². The van der Waals surface area contributed by atoms with E-state index in [1.54, 1.807) is 0 Å². The van der Waals surface area contributed by atoms with Crippen molar-refractivity contribution in [1.82, 2.24) is 4.98 Å². The summed E-state index contributed by atoms with van der Waals surface area (Å²) in [5.74, 6) is -0.281. The second kappa shape index (κ2) is 4.64. The molecular formula is C13H17NO2. The van der Waals surface area contributed by atoms with E-state index in [1.165, 1.54) is 37.6 Å². The maximum absolute atomic E-state index is 11.5. The van der Waals surface area contributed by atoms with Crippen LogP contribution in [0.1, 0.15) is 46.6 Å². The van der Waals surface area contributed by atoms with Crippen molar-refractivity contribution < 1.29 is 9.53 Å². The zero-order chi connectivity index (χ0) is 11.5. The van der Waals surface area contributed by atoms with Crippen LogP contribution < -0.4 is 0 Å². The number of hydrogen-bond donors (Lipinski definition) is 0. The van der Waals surface area contributed by atoms with Crippen molar-refractivity contribution in [3.05, 3.63) is 28.6 Å². The molecule has 0 saturated carbocycles. The SMILES string of the molecule is COC(=O)c1cc2c(nc1C)CCCCC2. The minimum atomic E-state index is -0.281. The first-order valence-electron chi connectivity index (χ1n) is 5.80. The average Bonchev–Trinajstić information content (AvgIpc) is 2.51. The van der Waals surface area contributed by atoms with E-state index in [-0.39, 0.29) is 5.97 Å². The molecule has 3 heteroatoms. The van der Waals surface area contributed by atoms with Crippen LogP contribution in [-0.4, -0.2) is 18.1 Å². The Morgan fingerprint density at radius 1 is 1.31 bits per heavy atom. The summed E-state index contributed by atoms with van der Waals surface area (Å²) in [6.07, 6.45) is 5.72. The number of aromatic nitrogens is 1. The second-order valence-electron chi connectivity index (χ2n) is 4.28. The third-order valence-electron chi connectivity index (χ3n) is 3.15. The summed E-state index contributed by atoms with van der Waals surface area (Å²) in [7, 11) is 1.41. The lowest BCUT2D eigenvalue weighted by Crippen LogP contribution is -2.09. The largest absolute Gasteiger partial charge is 0.465 e. The van der Waals surface area contributed by atoms with Gasteiger partial charge < -0.3 is 4.74 Å².